The van der Waals surface area contributed by atoms with Gasteiger partial charge in [-0.1, -0.05) is 17.7 Å². The second kappa shape index (κ2) is 7.58. The summed E-state index contributed by atoms with van der Waals surface area (Å²) in [7, 11) is -5.03. The summed E-state index contributed by atoms with van der Waals surface area (Å²) in [5.41, 5.74) is 0.958. The number of hydrogen-bond donors (Lipinski definition) is 0. The number of hydrogen-bond acceptors (Lipinski definition) is 6. The summed E-state index contributed by atoms with van der Waals surface area (Å²) in [4.78, 5) is 10.8. The van der Waals surface area contributed by atoms with E-state index in [-0.39, 0.29) is 31.8 Å². The Balaban J connectivity index is 2.29. The Kier molecular flexibility index (Phi) is 5.48. The Morgan fingerprint density at radius 2 is 1.48 bits per heavy atom. The second-order valence-electron chi connectivity index (χ2n) is 6.58. The minimum atomic E-state index is -3.97. The summed E-state index contributed by atoms with van der Waals surface area (Å²) < 4.78 is 58.0. The molecule has 29 heavy (non-hydrogen) atoms. The topological polar surface area (TPSA) is 102 Å². The number of nitrogens with zero attached hydrogens (tertiary/aromatic N) is 1. The van der Waals surface area contributed by atoms with E-state index in [1.54, 1.807) is 12.1 Å². The molecule has 0 saturated carbocycles. The molecule has 0 amide bonds. The molecule has 2 aromatic carbocycles. The number of sulfonamides is 1. The van der Waals surface area contributed by atoms with E-state index < -0.39 is 19.9 Å². The zero-order valence-electron chi connectivity index (χ0n) is 16.0. The quantitative estimate of drug-likeness (QED) is 0.554. The highest BCUT2D eigenvalue weighted by molar-refractivity contribution is 7.91. The highest BCUT2D eigenvalue weighted by atomic mass is 32.2. The first-order valence-electron chi connectivity index (χ1n) is 8.51. The van der Waals surface area contributed by atoms with Gasteiger partial charge in [0.25, 0.3) is 0 Å². The fraction of sp³-hybridized carbons (Fsp3) is 0.150. The molecular weight excluding hydrogens is 414 g/mol. The molecule has 0 radical (unpaired) electrons. The van der Waals surface area contributed by atoms with Crippen molar-refractivity contribution in [2.24, 2.45) is 0 Å². The van der Waals surface area contributed by atoms with Gasteiger partial charge < -0.3 is 4.42 Å². The number of rotatable bonds is 6. The van der Waals surface area contributed by atoms with E-state index in [1.807, 2.05) is 6.92 Å². The second-order valence-corrected chi connectivity index (χ2v) is 10.7. The maximum absolute atomic E-state index is 13.2. The molecular formula is C20H19NO6S2. The molecule has 0 unspecified atom stereocenters. The lowest BCUT2D eigenvalue weighted by Crippen LogP contribution is -2.22. The van der Waals surface area contributed by atoms with Gasteiger partial charge in [-0.15, -0.1) is 0 Å². The van der Waals surface area contributed by atoms with Gasteiger partial charge in [0, 0.05) is 19.7 Å². The summed E-state index contributed by atoms with van der Waals surface area (Å²) in [5, 5.41) is 0. The van der Waals surface area contributed by atoms with Crippen LogP contribution in [0.3, 0.4) is 0 Å². The van der Waals surface area contributed by atoms with Crippen molar-refractivity contribution in [3.63, 3.8) is 0 Å². The van der Waals surface area contributed by atoms with Crippen molar-refractivity contribution in [1.29, 1.82) is 0 Å². The van der Waals surface area contributed by atoms with Crippen molar-refractivity contribution in [2.45, 2.75) is 21.6 Å². The lowest BCUT2D eigenvalue weighted by atomic mass is 10.2. The molecule has 0 fully saturated rings. The molecule has 3 aromatic rings. The van der Waals surface area contributed by atoms with Crippen molar-refractivity contribution in [3.05, 3.63) is 65.9 Å². The maximum Gasteiger partial charge on any atom is 0.242 e. The van der Waals surface area contributed by atoms with Gasteiger partial charge in [0.2, 0.25) is 19.9 Å². The Labute approximate surface area is 169 Å². The molecule has 0 N–H and O–H groups in total. The summed E-state index contributed by atoms with van der Waals surface area (Å²) in [6.07, 6.45) is 0.484. The smallest absolute Gasteiger partial charge is 0.242 e. The van der Waals surface area contributed by atoms with Crippen LogP contribution in [-0.4, -0.2) is 41.5 Å². The molecule has 0 aliphatic heterocycles. The molecule has 9 heteroatoms. The molecule has 152 valence electrons. The van der Waals surface area contributed by atoms with Crippen LogP contribution in [-0.2, 0) is 19.9 Å². The molecule has 7 nitrogen and oxygen atoms in total. The van der Waals surface area contributed by atoms with E-state index in [0.717, 1.165) is 9.87 Å². The first-order valence-corrected chi connectivity index (χ1v) is 11.4. The van der Waals surface area contributed by atoms with Crippen molar-refractivity contribution >= 4 is 26.1 Å². The Morgan fingerprint density at radius 1 is 0.862 bits per heavy atom. The lowest BCUT2D eigenvalue weighted by Gasteiger charge is -2.15. The van der Waals surface area contributed by atoms with Crippen LogP contribution in [0, 0.1) is 6.92 Å². The molecule has 1 aromatic heterocycles. The molecule has 1 heterocycles. The predicted octanol–water partition coefficient (Wildman–Crippen LogP) is 3.15. The molecule has 0 aliphatic rings. The fourth-order valence-corrected chi connectivity index (χ4v) is 5.09. The number of carbonyl (C=O) groups is 1. The zero-order chi connectivity index (χ0) is 21.4. The van der Waals surface area contributed by atoms with Gasteiger partial charge in [0.1, 0.15) is 5.76 Å². The largest absolute Gasteiger partial charge is 0.453 e. The van der Waals surface area contributed by atoms with E-state index in [4.69, 9.17) is 4.42 Å². The monoisotopic (exact) mass is 433 g/mol. The van der Waals surface area contributed by atoms with Crippen LogP contribution in [0.5, 0.6) is 0 Å². The number of benzene rings is 2. The zero-order valence-corrected chi connectivity index (χ0v) is 17.6. The average molecular weight is 434 g/mol. The Morgan fingerprint density at radius 3 is 2.03 bits per heavy atom. The van der Waals surface area contributed by atoms with Crippen LogP contribution in [0.4, 0.5) is 0 Å². The number of sulfone groups is 1. The predicted molar refractivity (Wildman–Crippen MR) is 107 cm³/mol. The van der Waals surface area contributed by atoms with E-state index in [2.05, 4.69) is 0 Å². The number of aryl methyl sites for hydroxylation is 1. The van der Waals surface area contributed by atoms with Crippen LogP contribution in [0.1, 0.15) is 16.1 Å². The van der Waals surface area contributed by atoms with Crippen LogP contribution in [0.25, 0.3) is 11.3 Å². The van der Waals surface area contributed by atoms with E-state index in [9.17, 15) is 21.6 Å². The fourth-order valence-electron chi connectivity index (χ4n) is 2.71. The number of carbonyl (C=O) groups excluding carboxylic acids is 1. The van der Waals surface area contributed by atoms with Crippen molar-refractivity contribution in [2.75, 3.05) is 14.1 Å². The minimum absolute atomic E-state index is 0.000413. The van der Waals surface area contributed by atoms with Crippen LogP contribution < -0.4 is 0 Å². The number of furan rings is 1. The van der Waals surface area contributed by atoms with Gasteiger partial charge in [-0.05, 0) is 49.4 Å². The molecule has 0 atom stereocenters. The lowest BCUT2D eigenvalue weighted by molar-refractivity contribution is 0.110. The van der Waals surface area contributed by atoms with Crippen molar-refractivity contribution in [3.8, 4) is 11.3 Å². The number of aldehydes is 1. The standard InChI is InChI=1S/C20H19NO6S2/c1-14-4-7-16(8-5-14)28(23,24)20-11-9-17(29(25,26)21(2)3)12-18(20)19-10-6-15(13-22)27-19/h4-13H,1-3H3. The van der Waals surface area contributed by atoms with Crippen molar-refractivity contribution < 1.29 is 26.0 Å². The maximum atomic E-state index is 13.2. The normalized spacial score (nSPS) is 12.3. The van der Waals surface area contributed by atoms with E-state index >= 15 is 0 Å². The van der Waals surface area contributed by atoms with Crippen molar-refractivity contribution in [1.82, 2.24) is 4.31 Å². The third-order valence-corrected chi connectivity index (χ3v) is 8.00. The Hall–Kier alpha value is -2.75. The van der Waals surface area contributed by atoms with E-state index in [1.165, 1.54) is 56.6 Å². The van der Waals surface area contributed by atoms with Gasteiger partial charge in [0.15, 0.2) is 12.0 Å². The van der Waals surface area contributed by atoms with Gasteiger partial charge in [0.05, 0.1) is 14.7 Å². The molecule has 3 rings (SSSR count). The molecule has 0 saturated heterocycles. The first kappa shape index (κ1) is 21.0. The molecule has 0 bridgehead atoms. The summed E-state index contributed by atoms with van der Waals surface area (Å²) in [6.45, 7) is 1.84. The summed E-state index contributed by atoms with van der Waals surface area (Å²) >= 11 is 0. The highest BCUT2D eigenvalue weighted by Crippen LogP contribution is 2.34. The van der Waals surface area contributed by atoms with Gasteiger partial charge in [-0.3, -0.25) is 4.79 Å². The third-order valence-electron chi connectivity index (χ3n) is 4.36. The minimum Gasteiger partial charge on any atom is -0.453 e. The van der Waals surface area contributed by atoms with Crippen LogP contribution >= 0.6 is 0 Å². The summed E-state index contributed by atoms with van der Waals surface area (Å²) in [5.74, 6) is 0.0770. The molecule has 0 spiro atoms. The SMILES string of the molecule is Cc1ccc(S(=O)(=O)c2ccc(S(=O)(=O)N(C)C)cc2-c2ccc(C=O)o2)cc1. The van der Waals surface area contributed by atoms with Gasteiger partial charge >= 0.3 is 0 Å². The first-order chi connectivity index (χ1) is 13.6. The van der Waals surface area contributed by atoms with Gasteiger partial charge in [-0.2, -0.15) is 0 Å². The third kappa shape index (κ3) is 3.89. The Bertz CT molecular complexity index is 1270. The summed E-state index contributed by atoms with van der Waals surface area (Å²) in [6, 6.07) is 12.9. The van der Waals surface area contributed by atoms with E-state index in [0.29, 0.717) is 6.29 Å². The average Bonchev–Trinajstić information content (AvgIpc) is 3.17. The highest BCUT2D eigenvalue weighted by Gasteiger charge is 2.27. The van der Waals surface area contributed by atoms with Crippen LogP contribution in [0.15, 0.2) is 73.7 Å². The van der Waals surface area contributed by atoms with Crippen LogP contribution in [0.2, 0.25) is 0 Å². The van der Waals surface area contributed by atoms with Gasteiger partial charge in [-0.25, -0.2) is 21.1 Å². The molecule has 0 aliphatic carbocycles.